The maximum absolute atomic E-state index is 13.6. The van der Waals surface area contributed by atoms with Gasteiger partial charge in [0.15, 0.2) is 0 Å². The summed E-state index contributed by atoms with van der Waals surface area (Å²) in [5, 5.41) is 9.57. The van der Waals surface area contributed by atoms with Gasteiger partial charge in [0.25, 0.3) is 0 Å². The average Bonchev–Trinajstić information content (AvgIpc) is 3.02. The molecule has 0 amide bonds. The minimum atomic E-state index is -4.29. The van der Waals surface area contributed by atoms with E-state index >= 15 is 0 Å². The predicted molar refractivity (Wildman–Crippen MR) is 107 cm³/mol. The Morgan fingerprint density at radius 1 is 1.00 bits per heavy atom. The van der Waals surface area contributed by atoms with Crippen molar-refractivity contribution in [3.63, 3.8) is 0 Å². The van der Waals surface area contributed by atoms with Gasteiger partial charge in [0.05, 0.1) is 12.5 Å². The van der Waals surface area contributed by atoms with Gasteiger partial charge >= 0.3 is 6.18 Å². The zero-order valence-electron chi connectivity index (χ0n) is 18.1. The van der Waals surface area contributed by atoms with Crippen molar-refractivity contribution < 1.29 is 23.0 Å². The molecule has 4 saturated carbocycles. The zero-order chi connectivity index (χ0) is 20.8. The van der Waals surface area contributed by atoms with Gasteiger partial charge in [0.1, 0.15) is 0 Å². The summed E-state index contributed by atoms with van der Waals surface area (Å²) in [4.78, 5) is 0. The smallest absolute Gasteiger partial charge is 0.394 e. The van der Waals surface area contributed by atoms with Gasteiger partial charge in [-0.05, 0) is 112 Å². The summed E-state index contributed by atoms with van der Waals surface area (Å²) >= 11 is 0. The first kappa shape index (κ1) is 21.9. The number of fused-ring (bicyclic) bond motifs is 5. The second kappa shape index (κ2) is 8.33. The van der Waals surface area contributed by atoms with Crippen molar-refractivity contribution in [3.8, 4) is 0 Å². The highest BCUT2D eigenvalue weighted by Crippen LogP contribution is 2.66. The second-order valence-electron chi connectivity index (χ2n) is 10.8. The van der Waals surface area contributed by atoms with Gasteiger partial charge < -0.3 is 9.84 Å². The average molecular weight is 417 g/mol. The van der Waals surface area contributed by atoms with Crippen LogP contribution in [0.5, 0.6) is 0 Å². The minimum Gasteiger partial charge on any atom is -0.396 e. The Labute approximate surface area is 174 Å². The van der Waals surface area contributed by atoms with Crippen LogP contribution in [0.3, 0.4) is 0 Å². The van der Waals surface area contributed by atoms with Gasteiger partial charge in [0, 0.05) is 13.2 Å². The summed E-state index contributed by atoms with van der Waals surface area (Å²) in [5.74, 6) is 2.09. The number of hydrogen-bond donors (Lipinski definition) is 1. The molecule has 0 spiro atoms. The van der Waals surface area contributed by atoms with Crippen LogP contribution < -0.4 is 0 Å². The number of aliphatic hydroxyl groups is 1. The zero-order valence-corrected chi connectivity index (χ0v) is 18.1. The van der Waals surface area contributed by atoms with Crippen LogP contribution in [0.4, 0.5) is 13.2 Å². The summed E-state index contributed by atoms with van der Waals surface area (Å²) in [5.41, 5.74) is -0.247. The Bertz CT molecular complexity index is 565. The molecule has 168 valence electrons. The van der Waals surface area contributed by atoms with Gasteiger partial charge in [0.2, 0.25) is 0 Å². The fraction of sp³-hybridized carbons (Fsp3) is 1.00. The summed E-state index contributed by atoms with van der Waals surface area (Å²) in [6, 6.07) is 0. The highest BCUT2D eigenvalue weighted by atomic mass is 19.4. The van der Waals surface area contributed by atoms with E-state index < -0.39 is 24.6 Å². The van der Waals surface area contributed by atoms with Crippen molar-refractivity contribution in [1.29, 1.82) is 0 Å². The van der Waals surface area contributed by atoms with E-state index in [4.69, 9.17) is 4.74 Å². The van der Waals surface area contributed by atoms with Crippen molar-refractivity contribution in [2.24, 2.45) is 52.8 Å². The van der Waals surface area contributed by atoms with Gasteiger partial charge in [-0.2, -0.15) is 13.2 Å². The first-order valence-corrected chi connectivity index (χ1v) is 12.0. The molecular formula is C24H39F3O2. The molecule has 4 aliphatic rings. The monoisotopic (exact) mass is 416 g/mol. The van der Waals surface area contributed by atoms with E-state index in [9.17, 15) is 18.3 Å². The lowest BCUT2D eigenvalue weighted by Gasteiger charge is -2.57. The second-order valence-corrected chi connectivity index (χ2v) is 10.8. The van der Waals surface area contributed by atoms with E-state index in [2.05, 4.69) is 13.8 Å². The predicted octanol–water partition coefficient (Wildman–Crippen LogP) is 6.08. The number of ether oxygens (including phenoxy) is 1. The first-order valence-electron chi connectivity index (χ1n) is 12.0. The van der Waals surface area contributed by atoms with Crippen molar-refractivity contribution in [1.82, 2.24) is 0 Å². The third-order valence-electron chi connectivity index (χ3n) is 9.80. The van der Waals surface area contributed by atoms with Crippen molar-refractivity contribution in [2.45, 2.75) is 77.8 Å². The number of alkyl halides is 3. The number of rotatable bonds is 5. The van der Waals surface area contributed by atoms with E-state index in [0.717, 1.165) is 50.2 Å². The number of halogens is 3. The molecule has 0 aromatic rings. The van der Waals surface area contributed by atoms with Crippen LogP contribution in [-0.4, -0.2) is 31.1 Å². The van der Waals surface area contributed by atoms with Gasteiger partial charge in [-0.25, -0.2) is 0 Å². The standard InChI is InChI=1S/C24H39F3O2/c1-3-29-14-15-4-6-17-16(12-15)5-7-19-18(17)10-11-23(2)20(19)8-9-21(23)22(13-28)24(25,26)27/h15-22,28H,3-14H2,1-2H3. The number of aliphatic hydroxyl groups excluding tert-OH is 1. The molecule has 0 radical (unpaired) electrons. The quantitative estimate of drug-likeness (QED) is 0.589. The molecule has 29 heavy (non-hydrogen) atoms. The minimum absolute atomic E-state index is 0.247. The van der Waals surface area contributed by atoms with Crippen LogP contribution in [0, 0.1) is 52.8 Å². The molecule has 4 fully saturated rings. The molecule has 0 aliphatic heterocycles. The molecule has 9 unspecified atom stereocenters. The highest BCUT2D eigenvalue weighted by Gasteiger charge is 2.61. The SMILES string of the molecule is CCOCC1CCC2C(CCC3C2CCC2(C)C3CCC2C(CO)C(F)(F)F)C1. The largest absolute Gasteiger partial charge is 0.396 e. The molecule has 1 N–H and O–H groups in total. The third kappa shape index (κ3) is 3.88. The maximum atomic E-state index is 13.6. The fourth-order valence-corrected chi connectivity index (χ4v) is 8.55. The molecule has 0 aromatic carbocycles. The van der Waals surface area contributed by atoms with Crippen LogP contribution in [0.25, 0.3) is 0 Å². The normalized spacial score (nSPS) is 45.9. The van der Waals surface area contributed by atoms with Crippen LogP contribution >= 0.6 is 0 Å². The lowest BCUT2D eigenvalue weighted by atomic mass is 9.48. The lowest BCUT2D eigenvalue weighted by molar-refractivity contribution is -0.213. The highest BCUT2D eigenvalue weighted by molar-refractivity contribution is 5.07. The summed E-state index contributed by atoms with van der Waals surface area (Å²) in [6.45, 7) is 5.13. The Kier molecular flexibility index (Phi) is 6.30. The van der Waals surface area contributed by atoms with E-state index in [1.54, 1.807) is 0 Å². The maximum Gasteiger partial charge on any atom is 0.394 e. The van der Waals surface area contributed by atoms with Crippen LogP contribution in [0.2, 0.25) is 0 Å². The van der Waals surface area contributed by atoms with E-state index in [1.807, 2.05) is 0 Å². The molecule has 0 saturated heterocycles. The lowest BCUT2D eigenvalue weighted by Crippen LogP contribution is -2.50. The Morgan fingerprint density at radius 2 is 1.76 bits per heavy atom. The van der Waals surface area contributed by atoms with Gasteiger partial charge in [-0.3, -0.25) is 0 Å². The Balaban J connectivity index is 1.46. The molecule has 0 heterocycles. The van der Waals surface area contributed by atoms with E-state index in [1.165, 1.54) is 32.1 Å². The summed E-state index contributed by atoms with van der Waals surface area (Å²) in [6.07, 6.45) is 5.60. The molecule has 2 nitrogen and oxygen atoms in total. The molecule has 9 atom stereocenters. The molecular weight excluding hydrogens is 377 g/mol. The van der Waals surface area contributed by atoms with Crippen LogP contribution in [0.15, 0.2) is 0 Å². The molecule has 4 rings (SSSR count). The van der Waals surface area contributed by atoms with Crippen LogP contribution in [0.1, 0.15) is 71.6 Å². The first-order chi connectivity index (χ1) is 13.8. The Morgan fingerprint density at radius 3 is 2.45 bits per heavy atom. The topological polar surface area (TPSA) is 29.5 Å². The van der Waals surface area contributed by atoms with Gasteiger partial charge in [-0.15, -0.1) is 0 Å². The van der Waals surface area contributed by atoms with Gasteiger partial charge in [-0.1, -0.05) is 6.92 Å². The van der Waals surface area contributed by atoms with Crippen molar-refractivity contribution in [2.75, 3.05) is 19.8 Å². The van der Waals surface area contributed by atoms with Crippen molar-refractivity contribution >= 4 is 0 Å². The van der Waals surface area contributed by atoms with E-state index in [-0.39, 0.29) is 5.41 Å². The molecule has 5 heteroatoms. The number of hydrogen-bond acceptors (Lipinski definition) is 2. The molecule has 0 bridgehead atoms. The van der Waals surface area contributed by atoms with Crippen LogP contribution in [-0.2, 0) is 4.74 Å². The van der Waals surface area contributed by atoms with Crippen molar-refractivity contribution in [3.05, 3.63) is 0 Å². The third-order valence-corrected chi connectivity index (χ3v) is 9.80. The molecule has 0 aromatic heterocycles. The fourth-order valence-electron chi connectivity index (χ4n) is 8.55. The summed E-state index contributed by atoms with van der Waals surface area (Å²) < 4.78 is 46.5. The van der Waals surface area contributed by atoms with E-state index in [0.29, 0.717) is 24.2 Å². The Hall–Kier alpha value is -0.290. The molecule has 4 aliphatic carbocycles. The summed E-state index contributed by atoms with van der Waals surface area (Å²) in [7, 11) is 0.